The average molecular weight is 417 g/mol. The molecular weight excluding hydrogens is 398 g/mol. The molecule has 2 aromatic carbocycles. The molecule has 0 unspecified atom stereocenters. The quantitative estimate of drug-likeness (QED) is 0.463. The van der Waals surface area contributed by atoms with Crippen molar-refractivity contribution in [1.29, 1.82) is 0 Å². The molecule has 0 N–H and O–H groups in total. The summed E-state index contributed by atoms with van der Waals surface area (Å²) < 4.78 is 10.6. The first-order valence-corrected chi connectivity index (χ1v) is 9.64. The normalized spacial score (nSPS) is 12.2. The lowest BCUT2D eigenvalue weighted by molar-refractivity contribution is -0.134. The van der Waals surface area contributed by atoms with Gasteiger partial charge < -0.3 is 14.1 Å². The van der Waals surface area contributed by atoms with Crippen molar-refractivity contribution in [3.05, 3.63) is 93.9 Å². The predicted octanol–water partition coefficient (Wildman–Crippen LogP) is 3.18. The number of fused-ring (bicyclic) bond motifs is 2. The molecular formula is C24H19NO6. The zero-order chi connectivity index (χ0) is 22.1. The number of carbonyl (C=O) groups excluding carboxylic acids is 4. The molecule has 0 bridgehead atoms. The van der Waals surface area contributed by atoms with E-state index in [1.807, 2.05) is 0 Å². The van der Waals surface area contributed by atoms with Gasteiger partial charge in [-0.15, -0.1) is 0 Å². The van der Waals surface area contributed by atoms with Gasteiger partial charge in [-0.25, -0.2) is 4.79 Å². The summed E-state index contributed by atoms with van der Waals surface area (Å²) in [5.74, 6) is -0.678. The molecule has 31 heavy (non-hydrogen) atoms. The molecule has 3 aromatic rings. The van der Waals surface area contributed by atoms with Gasteiger partial charge in [0, 0.05) is 29.3 Å². The highest BCUT2D eigenvalue weighted by atomic mass is 16.5. The fourth-order valence-electron chi connectivity index (χ4n) is 3.52. The van der Waals surface area contributed by atoms with Crippen LogP contribution in [0.5, 0.6) is 0 Å². The Labute approximate surface area is 178 Å². The summed E-state index contributed by atoms with van der Waals surface area (Å²) in [5, 5.41) is 0. The Bertz CT molecular complexity index is 1220. The molecule has 0 saturated carbocycles. The largest absolute Gasteiger partial charge is 0.464 e. The van der Waals surface area contributed by atoms with Crippen LogP contribution in [0.4, 0.5) is 0 Å². The van der Waals surface area contributed by atoms with Crippen molar-refractivity contribution >= 4 is 23.4 Å². The van der Waals surface area contributed by atoms with Crippen molar-refractivity contribution in [2.24, 2.45) is 0 Å². The first-order chi connectivity index (χ1) is 14.9. The van der Waals surface area contributed by atoms with Gasteiger partial charge in [0.1, 0.15) is 11.5 Å². The third-order valence-corrected chi connectivity index (χ3v) is 5.11. The fourth-order valence-corrected chi connectivity index (χ4v) is 3.52. The maximum absolute atomic E-state index is 13.0. The van der Waals surface area contributed by atoms with E-state index in [1.165, 1.54) is 23.1 Å². The molecule has 0 aliphatic heterocycles. The second kappa shape index (κ2) is 8.02. The number of nitrogens with zero attached hydrogens (tertiary/aromatic N) is 1. The van der Waals surface area contributed by atoms with E-state index in [-0.39, 0.29) is 34.6 Å². The molecule has 1 aliphatic carbocycles. The zero-order valence-corrected chi connectivity index (χ0v) is 17.0. The maximum atomic E-state index is 13.0. The van der Waals surface area contributed by atoms with Crippen LogP contribution in [0.15, 0.2) is 59.0 Å². The number of carbonyl (C=O) groups is 4. The number of rotatable bonds is 5. The minimum Gasteiger partial charge on any atom is -0.464 e. The number of ketones is 2. The van der Waals surface area contributed by atoms with E-state index in [2.05, 4.69) is 0 Å². The van der Waals surface area contributed by atoms with E-state index < -0.39 is 24.3 Å². The molecule has 0 saturated heterocycles. The molecule has 0 spiro atoms. The number of hydrogen-bond donors (Lipinski definition) is 0. The Morgan fingerprint density at radius 2 is 1.58 bits per heavy atom. The van der Waals surface area contributed by atoms with Crippen LogP contribution in [0.2, 0.25) is 0 Å². The van der Waals surface area contributed by atoms with E-state index >= 15 is 0 Å². The predicted molar refractivity (Wildman–Crippen MR) is 110 cm³/mol. The van der Waals surface area contributed by atoms with Crippen LogP contribution in [0, 0.1) is 6.92 Å². The topological polar surface area (TPSA) is 93.9 Å². The highest BCUT2D eigenvalue weighted by Crippen LogP contribution is 2.29. The Morgan fingerprint density at radius 1 is 0.903 bits per heavy atom. The Balaban J connectivity index is 1.50. The molecule has 4 rings (SSSR count). The lowest BCUT2D eigenvalue weighted by Gasteiger charge is -2.20. The average Bonchev–Trinajstić information content (AvgIpc) is 3.19. The van der Waals surface area contributed by atoms with E-state index in [0.29, 0.717) is 11.3 Å². The van der Waals surface area contributed by atoms with Crippen LogP contribution in [0.3, 0.4) is 0 Å². The summed E-state index contributed by atoms with van der Waals surface area (Å²) in [4.78, 5) is 52.2. The number of likely N-dealkylation sites (N-methyl/N-ethyl adjacent to an activating group) is 1. The summed E-state index contributed by atoms with van der Waals surface area (Å²) >= 11 is 0. The Morgan fingerprint density at radius 3 is 2.26 bits per heavy atom. The number of ether oxygens (including phenoxy) is 1. The van der Waals surface area contributed by atoms with Crippen LogP contribution in [0.25, 0.3) is 0 Å². The van der Waals surface area contributed by atoms with Gasteiger partial charge in [0.2, 0.25) is 0 Å². The Kier molecular flexibility index (Phi) is 5.25. The van der Waals surface area contributed by atoms with Gasteiger partial charge in [-0.05, 0) is 25.1 Å². The number of esters is 1. The number of furan rings is 1. The van der Waals surface area contributed by atoms with E-state index in [4.69, 9.17) is 9.15 Å². The number of benzene rings is 2. The summed E-state index contributed by atoms with van der Waals surface area (Å²) in [6.45, 7) is 1.53. The second-order valence-corrected chi connectivity index (χ2v) is 7.27. The fraction of sp³-hybridized carbons (Fsp3) is 0.167. The van der Waals surface area contributed by atoms with Crippen LogP contribution in [0.1, 0.15) is 53.7 Å². The van der Waals surface area contributed by atoms with Crippen molar-refractivity contribution in [3.63, 3.8) is 0 Å². The van der Waals surface area contributed by atoms with E-state index in [0.717, 1.165) is 5.76 Å². The number of hydrogen-bond acceptors (Lipinski definition) is 6. The second-order valence-electron chi connectivity index (χ2n) is 7.27. The van der Waals surface area contributed by atoms with Crippen LogP contribution >= 0.6 is 0 Å². The molecule has 0 atom stereocenters. The molecule has 156 valence electrons. The summed E-state index contributed by atoms with van der Waals surface area (Å²) in [5.41, 5.74) is 0.653. The standard InChI is InChI=1S/C24H19NO6/c1-14-10-11-15(31-14)12-25(2)20(26)13-30-24(29)19-9-5-8-18-21(19)23(28)17-7-4-3-6-16(17)22(18)27/h3-11H,12-13H2,1-2H3. The van der Waals surface area contributed by atoms with Gasteiger partial charge in [-0.2, -0.15) is 0 Å². The summed E-state index contributed by atoms with van der Waals surface area (Å²) in [6.07, 6.45) is 0. The molecule has 1 aliphatic rings. The Hall–Kier alpha value is -4.00. The third-order valence-electron chi connectivity index (χ3n) is 5.11. The molecule has 0 radical (unpaired) electrons. The number of aryl methyl sites for hydroxylation is 1. The minimum atomic E-state index is -0.840. The van der Waals surface area contributed by atoms with Crippen molar-refractivity contribution < 1.29 is 28.3 Å². The molecule has 7 nitrogen and oxygen atoms in total. The lowest BCUT2D eigenvalue weighted by Crippen LogP contribution is -2.31. The molecule has 7 heteroatoms. The lowest BCUT2D eigenvalue weighted by atomic mass is 9.82. The monoisotopic (exact) mass is 417 g/mol. The first-order valence-electron chi connectivity index (χ1n) is 9.64. The van der Waals surface area contributed by atoms with Gasteiger partial charge in [0.05, 0.1) is 12.1 Å². The van der Waals surface area contributed by atoms with Gasteiger partial charge >= 0.3 is 5.97 Å². The van der Waals surface area contributed by atoms with Crippen molar-refractivity contribution in [2.75, 3.05) is 13.7 Å². The molecule has 1 aromatic heterocycles. The highest BCUT2D eigenvalue weighted by molar-refractivity contribution is 6.30. The van der Waals surface area contributed by atoms with Crippen molar-refractivity contribution in [1.82, 2.24) is 4.90 Å². The maximum Gasteiger partial charge on any atom is 0.339 e. The van der Waals surface area contributed by atoms with Crippen LogP contribution in [-0.4, -0.2) is 42.0 Å². The van der Waals surface area contributed by atoms with Gasteiger partial charge in [0.25, 0.3) is 5.91 Å². The third kappa shape index (κ3) is 3.77. The van der Waals surface area contributed by atoms with Crippen LogP contribution < -0.4 is 0 Å². The zero-order valence-electron chi connectivity index (χ0n) is 17.0. The molecule has 1 amide bonds. The number of amides is 1. The first kappa shape index (κ1) is 20.3. The summed E-state index contributed by atoms with van der Waals surface area (Å²) in [7, 11) is 1.57. The smallest absolute Gasteiger partial charge is 0.339 e. The van der Waals surface area contributed by atoms with Gasteiger partial charge in [0.15, 0.2) is 18.2 Å². The van der Waals surface area contributed by atoms with Gasteiger partial charge in [-0.3, -0.25) is 14.4 Å². The van der Waals surface area contributed by atoms with Crippen molar-refractivity contribution in [3.8, 4) is 0 Å². The van der Waals surface area contributed by atoms with E-state index in [1.54, 1.807) is 50.4 Å². The van der Waals surface area contributed by atoms with Crippen LogP contribution in [-0.2, 0) is 16.1 Å². The summed E-state index contributed by atoms with van der Waals surface area (Å²) in [6, 6.07) is 14.5. The molecule has 0 fully saturated rings. The minimum absolute atomic E-state index is 0.00284. The van der Waals surface area contributed by atoms with E-state index in [9.17, 15) is 19.2 Å². The SMILES string of the molecule is Cc1ccc(CN(C)C(=O)COC(=O)c2cccc3c2C(=O)c2ccccc2C3=O)o1. The molecule has 1 heterocycles. The van der Waals surface area contributed by atoms with Crippen molar-refractivity contribution in [2.45, 2.75) is 13.5 Å². The highest BCUT2D eigenvalue weighted by Gasteiger charge is 2.33. The van der Waals surface area contributed by atoms with Gasteiger partial charge in [-0.1, -0.05) is 36.4 Å².